The largest absolute Gasteiger partial charge is 0.481 e. The number of hydrogen-bond acceptors (Lipinski definition) is 4. The molecule has 6 heteroatoms. The maximum atomic E-state index is 12.0. The number of ether oxygens (including phenoxy) is 1. The SMILES string of the molecule is C#Cc1c(C)c2c(c(C(=O)O)c1C/C=C(\C)CCC(=O)O)C(=O)OC2. The summed E-state index contributed by atoms with van der Waals surface area (Å²) in [4.78, 5) is 34.4. The van der Waals surface area contributed by atoms with Gasteiger partial charge in [0.25, 0.3) is 0 Å². The summed E-state index contributed by atoms with van der Waals surface area (Å²) in [6.45, 7) is 3.53. The van der Waals surface area contributed by atoms with E-state index in [4.69, 9.17) is 16.3 Å². The molecule has 130 valence electrons. The number of terminal acetylenes is 1. The predicted molar refractivity (Wildman–Crippen MR) is 89.5 cm³/mol. The van der Waals surface area contributed by atoms with E-state index in [0.29, 0.717) is 28.7 Å². The first-order valence-corrected chi connectivity index (χ1v) is 7.70. The van der Waals surface area contributed by atoms with E-state index >= 15 is 0 Å². The Hall–Kier alpha value is -3.07. The number of aromatic carboxylic acids is 1. The van der Waals surface area contributed by atoms with E-state index < -0.39 is 17.9 Å². The van der Waals surface area contributed by atoms with Crippen LogP contribution in [0, 0.1) is 19.3 Å². The van der Waals surface area contributed by atoms with Gasteiger partial charge in [-0.15, -0.1) is 6.42 Å². The van der Waals surface area contributed by atoms with Gasteiger partial charge in [0.15, 0.2) is 0 Å². The second-order valence-corrected chi connectivity index (χ2v) is 5.88. The molecule has 1 aromatic carbocycles. The number of carbonyl (C=O) groups is 3. The lowest BCUT2D eigenvalue weighted by molar-refractivity contribution is -0.136. The van der Waals surface area contributed by atoms with Gasteiger partial charge >= 0.3 is 17.9 Å². The van der Waals surface area contributed by atoms with Gasteiger partial charge < -0.3 is 14.9 Å². The molecule has 0 spiro atoms. The van der Waals surface area contributed by atoms with E-state index in [0.717, 1.165) is 5.57 Å². The minimum absolute atomic E-state index is 0.00828. The number of carboxylic acid groups (broad SMARTS) is 2. The normalized spacial score (nSPS) is 13.2. The number of rotatable bonds is 6. The first kappa shape index (κ1) is 18.3. The van der Waals surface area contributed by atoms with Crippen LogP contribution in [0.3, 0.4) is 0 Å². The molecule has 0 saturated heterocycles. The van der Waals surface area contributed by atoms with Crippen LogP contribution < -0.4 is 0 Å². The van der Waals surface area contributed by atoms with Crippen LogP contribution in [0.4, 0.5) is 0 Å². The quantitative estimate of drug-likeness (QED) is 0.468. The Bertz CT molecular complexity index is 839. The van der Waals surface area contributed by atoms with Crippen molar-refractivity contribution >= 4 is 17.9 Å². The Morgan fingerprint density at radius 2 is 2.00 bits per heavy atom. The molecule has 0 amide bonds. The van der Waals surface area contributed by atoms with E-state index in [9.17, 15) is 19.5 Å². The van der Waals surface area contributed by atoms with Gasteiger partial charge in [-0.3, -0.25) is 4.79 Å². The van der Waals surface area contributed by atoms with Crippen LogP contribution in [0.2, 0.25) is 0 Å². The third-order valence-corrected chi connectivity index (χ3v) is 4.28. The molecule has 1 aliphatic rings. The molecule has 0 atom stereocenters. The number of carboxylic acids is 2. The first-order chi connectivity index (χ1) is 11.8. The van der Waals surface area contributed by atoms with Crippen LogP contribution in [0.15, 0.2) is 11.6 Å². The lowest BCUT2D eigenvalue weighted by atomic mass is 9.86. The summed E-state index contributed by atoms with van der Waals surface area (Å²) in [5, 5.41) is 18.4. The van der Waals surface area contributed by atoms with Gasteiger partial charge in [0.1, 0.15) is 6.61 Å². The molecule has 2 rings (SSSR count). The van der Waals surface area contributed by atoms with Gasteiger partial charge in [0.2, 0.25) is 0 Å². The molecule has 6 nitrogen and oxygen atoms in total. The molecule has 1 heterocycles. The zero-order valence-corrected chi connectivity index (χ0v) is 14.0. The van der Waals surface area contributed by atoms with Crippen molar-refractivity contribution in [2.45, 2.75) is 39.7 Å². The van der Waals surface area contributed by atoms with Gasteiger partial charge in [-0.1, -0.05) is 17.6 Å². The highest BCUT2D eigenvalue weighted by Gasteiger charge is 2.33. The minimum Gasteiger partial charge on any atom is -0.481 e. The molecule has 0 saturated carbocycles. The Morgan fingerprint density at radius 1 is 1.32 bits per heavy atom. The number of aliphatic carboxylic acids is 1. The summed E-state index contributed by atoms with van der Waals surface area (Å²) < 4.78 is 4.99. The summed E-state index contributed by atoms with van der Waals surface area (Å²) in [6.07, 6.45) is 7.88. The fourth-order valence-corrected chi connectivity index (χ4v) is 2.93. The fraction of sp³-hybridized carbons (Fsp3) is 0.316. The molecule has 0 aliphatic carbocycles. The van der Waals surface area contributed by atoms with Gasteiger partial charge in [-0.2, -0.15) is 0 Å². The molecule has 0 bridgehead atoms. The number of hydrogen-bond donors (Lipinski definition) is 2. The summed E-state index contributed by atoms with van der Waals surface area (Å²) in [6, 6.07) is 0. The van der Waals surface area contributed by atoms with Crippen LogP contribution in [-0.4, -0.2) is 28.1 Å². The Kier molecular flexibility index (Phi) is 5.28. The number of cyclic esters (lactones) is 1. The van der Waals surface area contributed by atoms with Gasteiger partial charge in [0.05, 0.1) is 11.1 Å². The number of fused-ring (bicyclic) bond motifs is 1. The van der Waals surface area contributed by atoms with Crippen molar-refractivity contribution in [2.75, 3.05) is 0 Å². The lowest BCUT2D eigenvalue weighted by Gasteiger charge is -2.14. The van der Waals surface area contributed by atoms with Gasteiger partial charge in [-0.05, 0) is 37.8 Å². The van der Waals surface area contributed by atoms with Gasteiger partial charge in [-0.25, -0.2) is 9.59 Å². The van der Waals surface area contributed by atoms with Crippen molar-refractivity contribution in [2.24, 2.45) is 0 Å². The van der Waals surface area contributed by atoms with Crippen molar-refractivity contribution in [1.29, 1.82) is 0 Å². The van der Waals surface area contributed by atoms with E-state index in [-0.39, 0.29) is 30.6 Å². The molecular weight excluding hydrogens is 324 g/mol. The predicted octanol–water partition coefficient (Wildman–Crippen LogP) is 2.70. The van der Waals surface area contributed by atoms with E-state index in [1.54, 1.807) is 19.9 Å². The third kappa shape index (κ3) is 3.56. The maximum Gasteiger partial charge on any atom is 0.339 e. The summed E-state index contributed by atoms with van der Waals surface area (Å²) >= 11 is 0. The van der Waals surface area contributed by atoms with Crippen LogP contribution >= 0.6 is 0 Å². The summed E-state index contributed by atoms with van der Waals surface area (Å²) in [5.74, 6) is -0.277. The van der Waals surface area contributed by atoms with Crippen molar-refractivity contribution < 1.29 is 29.3 Å². The van der Waals surface area contributed by atoms with Crippen LogP contribution in [-0.2, 0) is 22.6 Å². The maximum absolute atomic E-state index is 12.0. The molecule has 0 unspecified atom stereocenters. The molecule has 0 radical (unpaired) electrons. The van der Waals surface area contributed by atoms with Crippen LogP contribution in [0.25, 0.3) is 0 Å². The molecular formula is C19H18O6. The van der Waals surface area contributed by atoms with E-state index in [2.05, 4.69) is 5.92 Å². The van der Waals surface area contributed by atoms with Crippen molar-refractivity contribution in [1.82, 2.24) is 0 Å². The number of allylic oxidation sites excluding steroid dienone is 2. The van der Waals surface area contributed by atoms with Crippen molar-refractivity contribution in [3.05, 3.63) is 45.0 Å². The molecule has 0 fully saturated rings. The Balaban J connectivity index is 2.55. The van der Waals surface area contributed by atoms with Crippen molar-refractivity contribution in [3.63, 3.8) is 0 Å². The van der Waals surface area contributed by atoms with E-state index in [1.807, 2.05) is 0 Å². The number of benzene rings is 1. The summed E-state index contributed by atoms with van der Waals surface area (Å²) in [7, 11) is 0. The van der Waals surface area contributed by atoms with Crippen molar-refractivity contribution in [3.8, 4) is 12.3 Å². The highest BCUT2D eigenvalue weighted by Crippen LogP contribution is 2.33. The average molecular weight is 342 g/mol. The monoisotopic (exact) mass is 342 g/mol. The van der Waals surface area contributed by atoms with Gasteiger partial charge in [0, 0.05) is 17.5 Å². The summed E-state index contributed by atoms with van der Waals surface area (Å²) in [5.41, 5.74) is 2.75. The zero-order valence-electron chi connectivity index (χ0n) is 14.0. The minimum atomic E-state index is -1.24. The molecule has 0 aromatic heterocycles. The lowest BCUT2D eigenvalue weighted by Crippen LogP contribution is -2.14. The first-order valence-electron chi connectivity index (χ1n) is 7.70. The smallest absolute Gasteiger partial charge is 0.339 e. The Labute approximate surface area is 145 Å². The number of esters is 1. The molecule has 25 heavy (non-hydrogen) atoms. The zero-order chi connectivity index (χ0) is 18.7. The van der Waals surface area contributed by atoms with E-state index in [1.165, 1.54) is 0 Å². The van der Waals surface area contributed by atoms with Crippen LogP contribution in [0.5, 0.6) is 0 Å². The average Bonchev–Trinajstić information content (AvgIpc) is 2.92. The molecule has 2 N–H and O–H groups in total. The highest BCUT2D eigenvalue weighted by atomic mass is 16.5. The fourth-order valence-electron chi connectivity index (χ4n) is 2.93. The topological polar surface area (TPSA) is 101 Å². The second-order valence-electron chi connectivity index (χ2n) is 5.88. The molecule has 1 aromatic rings. The number of carbonyl (C=O) groups excluding carboxylic acids is 1. The second kappa shape index (κ2) is 7.22. The third-order valence-electron chi connectivity index (χ3n) is 4.28. The highest BCUT2D eigenvalue weighted by molar-refractivity contribution is 6.06. The molecule has 1 aliphatic heterocycles. The Morgan fingerprint density at radius 3 is 2.56 bits per heavy atom. The van der Waals surface area contributed by atoms with Crippen LogP contribution in [0.1, 0.15) is 62.7 Å². The standard InChI is InChI=1S/C19H18O6/c1-4-12-11(3)14-9-25-19(24)17(14)16(18(22)23)13(12)7-5-10(2)6-8-15(20)21/h1,5H,6-9H2,2-3H3,(H,20,21)(H,22,23)/b10-5+.